The Morgan fingerprint density at radius 1 is 1.09 bits per heavy atom. The molecule has 114 valence electrons. The summed E-state index contributed by atoms with van der Waals surface area (Å²) in [7, 11) is 0. The minimum atomic E-state index is -0.0312. The molecule has 0 radical (unpaired) electrons. The molecule has 0 aliphatic carbocycles. The molecule has 0 saturated heterocycles. The van der Waals surface area contributed by atoms with Crippen LogP contribution in [0.4, 0.5) is 0 Å². The van der Waals surface area contributed by atoms with Crippen molar-refractivity contribution in [3.63, 3.8) is 0 Å². The van der Waals surface area contributed by atoms with Crippen LogP contribution in [-0.2, 0) is 6.54 Å². The predicted molar refractivity (Wildman–Crippen MR) is 88.7 cm³/mol. The summed E-state index contributed by atoms with van der Waals surface area (Å²) in [5.41, 5.74) is 3.29. The standard InChI is InChI=1S/C18H21N3O/c1-14-20-16-9-5-6-10-18(16)21(14)12-11-19-17(13-22)15-7-3-2-4-8-15/h2-10,17,19,22H,11-13H2,1H3. The first-order valence-corrected chi connectivity index (χ1v) is 7.60. The molecule has 1 aromatic heterocycles. The van der Waals surface area contributed by atoms with Crippen molar-refractivity contribution in [3.05, 3.63) is 66.0 Å². The third-order valence-electron chi connectivity index (χ3n) is 3.96. The van der Waals surface area contributed by atoms with E-state index >= 15 is 0 Å². The zero-order chi connectivity index (χ0) is 15.4. The number of aliphatic hydroxyl groups excluding tert-OH is 1. The van der Waals surface area contributed by atoms with Crippen LogP contribution in [0.15, 0.2) is 54.6 Å². The van der Waals surface area contributed by atoms with Crippen LogP contribution >= 0.6 is 0 Å². The number of benzene rings is 2. The van der Waals surface area contributed by atoms with Gasteiger partial charge in [0.1, 0.15) is 5.82 Å². The van der Waals surface area contributed by atoms with E-state index in [2.05, 4.69) is 20.9 Å². The molecule has 0 amide bonds. The van der Waals surface area contributed by atoms with Crippen LogP contribution < -0.4 is 5.32 Å². The van der Waals surface area contributed by atoms with Gasteiger partial charge in [0, 0.05) is 13.1 Å². The first-order chi connectivity index (χ1) is 10.8. The van der Waals surface area contributed by atoms with Crippen LogP contribution in [0.5, 0.6) is 0 Å². The van der Waals surface area contributed by atoms with E-state index in [1.54, 1.807) is 0 Å². The number of aryl methyl sites for hydroxylation is 1. The molecule has 2 N–H and O–H groups in total. The summed E-state index contributed by atoms with van der Waals surface area (Å²) in [4.78, 5) is 4.57. The molecular formula is C18H21N3O. The van der Waals surface area contributed by atoms with Gasteiger partial charge in [-0.15, -0.1) is 0 Å². The lowest BCUT2D eigenvalue weighted by molar-refractivity contribution is 0.243. The minimum absolute atomic E-state index is 0.0312. The first-order valence-electron chi connectivity index (χ1n) is 7.60. The van der Waals surface area contributed by atoms with Crippen LogP contribution in [0.1, 0.15) is 17.4 Å². The largest absolute Gasteiger partial charge is 0.394 e. The first kappa shape index (κ1) is 14.8. The van der Waals surface area contributed by atoms with Crippen molar-refractivity contribution in [2.75, 3.05) is 13.2 Å². The van der Waals surface area contributed by atoms with Crippen LogP contribution in [0.2, 0.25) is 0 Å². The van der Waals surface area contributed by atoms with Gasteiger partial charge in [-0.25, -0.2) is 4.98 Å². The number of nitrogens with one attached hydrogen (secondary N) is 1. The third-order valence-corrected chi connectivity index (χ3v) is 3.96. The highest BCUT2D eigenvalue weighted by atomic mass is 16.3. The Morgan fingerprint density at radius 3 is 2.59 bits per heavy atom. The number of rotatable bonds is 6. The zero-order valence-electron chi connectivity index (χ0n) is 12.7. The number of nitrogens with zero attached hydrogens (tertiary/aromatic N) is 2. The Morgan fingerprint density at radius 2 is 1.82 bits per heavy atom. The number of aromatic nitrogens is 2. The molecule has 1 atom stereocenters. The van der Waals surface area contributed by atoms with Gasteiger partial charge in [-0.1, -0.05) is 42.5 Å². The van der Waals surface area contributed by atoms with Crippen molar-refractivity contribution in [2.24, 2.45) is 0 Å². The highest BCUT2D eigenvalue weighted by Gasteiger charge is 2.10. The maximum atomic E-state index is 9.58. The van der Waals surface area contributed by atoms with Crippen molar-refractivity contribution in [1.82, 2.24) is 14.9 Å². The van der Waals surface area contributed by atoms with Gasteiger partial charge in [0.2, 0.25) is 0 Å². The summed E-state index contributed by atoms with van der Waals surface area (Å²) in [6.45, 7) is 3.73. The van der Waals surface area contributed by atoms with Crippen molar-refractivity contribution >= 4 is 11.0 Å². The molecule has 4 nitrogen and oxygen atoms in total. The van der Waals surface area contributed by atoms with Gasteiger partial charge >= 0.3 is 0 Å². The number of hydrogen-bond acceptors (Lipinski definition) is 3. The highest BCUT2D eigenvalue weighted by molar-refractivity contribution is 5.75. The van der Waals surface area contributed by atoms with Gasteiger partial charge < -0.3 is 15.0 Å². The average molecular weight is 295 g/mol. The summed E-state index contributed by atoms with van der Waals surface area (Å²) in [6, 6.07) is 18.2. The summed E-state index contributed by atoms with van der Waals surface area (Å²) in [5, 5.41) is 13.0. The second-order valence-electron chi connectivity index (χ2n) is 5.40. The number of para-hydroxylation sites is 2. The molecule has 1 unspecified atom stereocenters. The molecule has 3 aromatic rings. The number of hydrogen-bond donors (Lipinski definition) is 2. The molecule has 1 heterocycles. The molecule has 22 heavy (non-hydrogen) atoms. The lowest BCUT2D eigenvalue weighted by Crippen LogP contribution is -2.28. The van der Waals surface area contributed by atoms with Crippen molar-refractivity contribution in [1.29, 1.82) is 0 Å². The van der Waals surface area contributed by atoms with Crippen LogP contribution in [0, 0.1) is 6.92 Å². The Bertz CT molecular complexity index is 736. The van der Waals surface area contributed by atoms with Gasteiger partial charge in [-0.3, -0.25) is 0 Å². The summed E-state index contributed by atoms with van der Waals surface area (Å²) < 4.78 is 2.21. The van der Waals surface area contributed by atoms with E-state index in [0.29, 0.717) is 0 Å². The second-order valence-corrected chi connectivity index (χ2v) is 5.40. The van der Waals surface area contributed by atoms with Crippen molar-refractivity contribution in [2.45, 2.75) is 19.5 Å². The Balaban J connectivity index is 1.68. The normalized spacial score (nSPS) is 12.6. The van der Waals surface area contributed by atoms with Gasteiger partial charge in [0.05, 0.1) is 23.7 Å². The molecule has 0 aliphatic heterocycles. The van der Waals surface area contributed by atoms with Crippen molar-refractivity contribution < 1.29 is 5.11 Å². The molecule has 0 spiro atoms. The highest BCUT2D eigenvalue weighted by Crippen LogP contribution is 2.15. The monoisotopic (exact) mass is 295 g/mol. The molecule has 0 aliphatic rings. The van der Waals surface area contributed by atoms with Gasteiger partial charge in [-0.05, 0) is 24.6 Å². The van der Waals surface area contributed by atoms with E-state index in [4.69, 9.17) is 0 Å². The van der Waals surface area contributed by atoms with Gasteiger partial charge in [0.15, 0.2) is 0 Å². The Labute approximate surface area is 130 Å². The Kier molecular flexibility index (Phi) is 4.51. The van der Waals surface area contributed by atoms with Crippen molar-refractivity contribution in [3.8, 4) is 0 Å². The minimum Gasteiger partial charge on any atom is -0.394 e. The lowest BCUT2D eigenvalue weighted by atomic mass is 10.1. The summed E-state index contributed by atoms with van der Waals surface area (Å²) in [5.74, 6) is 1.02. The predicted octanol–water partition coefficient (Wildman–Crippen LogP) is 2.67. The van der Waals surface area contributed by atoms with Crippen LogP contribution in [0.25, 0.3) is 11.0 Å². The van der Waals surface area contributed by atoms with Crippen LogP contribution in [0.3, 0.4) is 0 Å². The zero-order valence-corrected chi connectivity index (χ0v) is 12.7. The fourth-order valence-corrected chi connectivity index (χ4v) is 2.80. The third kappa shape index (κ3) is 3.03. The number of imidazole rings is 1. The molecular weight excluding hydrogens is 274 g/mol. The fraction of sp³-hybridized carbons (Fsp3) is 0.278. The molecule has 0 bridgehead atoms. The van der Waals surface area contributed by atoms with Gasteiger partial charge in [-0.2, -0.15) is 0 Å². The maximum Gasteiger partial charge on any atom is 0.106 e. The second kappa shape index (κ2) is 6.73. The average Bonchev–Trinajstić information content (AvgIpc) is 2.88. The molecule has 0 fully saturated rings. The number of aliphatic hydroxyl groups is 1. The number of fused-ring (bicyclic) bond motifs is 1. The fourth-order valence-electron chi connectivity index (χ4n) is 2.80. The molecule has 4 heteroatoms. The smallest absolute Gasteiger partial charge is 0.106 e. The van der Waals surface area contributed by atoms with E-state index in [1.165, 1.54) is 0 Å². The summed E-state index contributed by atoms with van der Waals surface area (Å²) in [6.07, 6.45) is 0. The quantitative estimate of drug-likeness (QED) is 0.735. The molecule has 2 aromatic carbocycles. The van der Waals surface area contributed by atoms with E-state index in [0.717, 1.165) is 35.5 Å². The molecule has 3 rings (SSSR count). The van der Waals surface area contributed by atoms with Gasteiger partial charge in [0.25, 0.3) is 0 Å². The van der Waals surface area contributed by atoms with E-state index in [1.807, 2.05) is 55.5 Å². The maximum absolute atomic E-state index is 9.58. The lowest BCUT2D eigenvalue weighted by Gasteiger charge is -2.17. The topological polar surface area (TPSA) is 50.1 Å². The summed E-state index contributed by atoms with van der Waals surface area (Å²) >= 11 is 0. The molecule has 0 saturated carbocycles. The van der Waals surface area contributed by atoms with E-state index in [-0.39, 0.29) is 12.6 Å². The Hall–Kier alpha value is -2.17. The van der Waals surface area contributed by atoms with E-state index in [9.17, 15) is 5.11 Å². The van der Waals surface area contributed by atoms with Crippen LogP contribution in [-0.4, -0.2) is 27.8 Å². The van der Waals surface area contributed by atoms with E-state index < -0.39 is 0 Å². The SMILES string of the molecule is Cc1nc2ccccc2n1CCNC(CO)c1ccccc1.